The van der Waals surface area contributed by atoms with Crippen LogP contribution in [0.4, 0.5) is 0 Å². The van der Waals surface area contributed by atoms with Crippen LogP contribution in [0.1, 0.15) is 17.5 Å². The average molecular weight is 318 g/mol. The van der Waals surface area contributed by atoms with Gasteiger partial charge in [-0.05, 0) is 17.5 Å². The van der Waals surface area contributed by atoms with Crippen LogP contribution >= 0.6 is 11.6 Å². The van der Waals surface area contributed by atoms with E-state index in [4.69, 9.17) is 11.6 Å². The second-order valence-electron chi connectivity index (χ2n) is 5.10. The van der Waals surface area contributed by atoms with Crippen LogP contribution in [-0.2, 0) is 10.2 Å². The number of benzene rings is 2. The third-order valence-electron chi connectivity index (χ3n) is 3.90. The first-order valence-electron chi connectivity index (χ1n) is 7.26. The van der Waals surface area contributed by atoms with Crippen LogP contribution in [0, 0.1) is 0 Å². The number of hydrogen-bond donors (Lipinski definition) is 2. The molecule has 0 radical (unpaired) electrons. The van der Waals surface area contributed by atoms with Gasteiger partial charge in [-0.25, -0.2) is 0 Å². The summed E-state index contributed by atoms with van der Waals surface area (Å²) in [5.41, 5.74) is 0.588. The Labute approximate surface area is 135 Å². The molecule has 2 rings (SSSR count). The summed E-state index contributed by atoms with van der Waals surface area (Å²) in [4.78, 5) is 12.9. The first-order chi connectivity index (χ1) is 10.7. The van der Waals surface area contributed by atoms with E-state index in [1.54, 1.807) is 7.05 Å². The summed E-state index contributed by atoms with van der Waals surface area (Å²) in [5.74, 6) is -0.182. The zero-order valence-electron chi connectivity index (χ0n) is 12.5. The fourth-order valence-electron chi connectivity index (χ4n) is 2.86. The fourth-order valence-corrected chi connectivity index (χ4v) is 3.31. The van der Waals surface area contributed by atoms with Gasteiger partial charge in [0.15, 0.2) is 0 Å². The Balaban J connectivity index is 2.72. The number of carbonyl (C=O) groups is 1. The highest BCUT2D eigenvalue weighted by Gasteiger charge is 2.47. The highest BCUT2D eigenvalue weighted by molar-refractivity contribution is 6.24. The molecular weight excluding hydrogens is 298 g/mol. The number of likely N-dealkylation sites (N-methyl/N-ethyl adjacent to an activating group) is 1. The van der Waals surface area contributed by atoms with Gasteiger partial charge in [0.1, 0.15) is 5.41 Å². The van der Waals surface area contributed by atoms with Gasteiger partial charge in [0, 0.05) is 13.7 Å². The lowest BCUT2D eigenvalue weighted by atomic mass is 9.70. The van der Waals surface area contributed by atoms with Gasteiger partial charge >= 0.3 is 0 Å². The summed E-state index contributed by atoms with van der Waals surface area (Å²) in [6.07, 6.45) is 0.318. The number of carbonyl (C=O) groups excluding carboxylic acids is 1. The maximum Gasteiger partial charge on any atom is 0.236 e. The Morgan fingerprint density at radius 1 is 1.09 bits per heavy atom. The van der Waals surface area contributed by atoms with Gasteiger partial charge in [-0.15, -0.1) is 11.6 Å². The van der Waals surface area contributed by atoms with E-state index in [9.17, 15) is 9.90 Å². The Bertz CT molecular complexity index is 561. The molecule has 0 bridgehead atoms. The van der Waals surface area contributed by atoms with E-state index in [-0.39, 0.29) is 12.5 Å². The van der Waals surface area contributed by atoms with Crippen LogP contribution in [0.15, 0.2) is 60.7 Å². The van der Waals surface area contributed by atoms with Crippen molar-refractivity contribution in [2.24, 2.45) is 0 Å². The molecule has 0 aliphatic carbocycles. The van der Waals surface area contributed by atoms with Gasteiger partial charge in [-0.2, -0.15) is 0 Å². The quantitative estimate of drug-likeness (QED) is 0.805. The van der Waals surface area contributed by atoms with E-state index >= 15 is 0 Å². The second-order valence-corrected chi connectivity index (χ2v) is 5.63. The molecule has 0 aliphatic heterocycles. The number of aliphatic hydroxyl groups excluding tert-OH is 1. The lowest BCUT2D eigenvalue weighted by molar-refractivity contribution is -0.125. The molecule has 116 valence electrons. The van der Waals surface area contributed by atoms with Crippen molar-refractivity contribution in [3.63, 3.8) is 0 Å². The van der Waals surface area contributed by atoms with E-state index in [0.717, 1.165) is 11.1 Å². The molecule has 0 aromatic heterocycles. The SMILES string of the molecule is CNC(=O)C(c1ccccc1)(c1ccccc1)C(Cl)CCO. The fraction of sp³-hybridized carbons (Fsp3) is 0.278. The topological polar surface area (TPSA) is 49.3 Å². The molecule has 2 aromatic carbocycles. The number of amides is 1. The zero-order chi connectivity index (χ0) is 16.0. The molecule has 1 unspecified atom stereocenters. The Morgan fingerprint density at radius 2 is 1.55 bits per heavy atom. The van der Waals surface area contributed by atoms with Gasteiger partial charge in [-0.1, -0.05) is 60.7 Å². The highest BCUT2D eigenvalue weighted by Crippen LogP contribution is 2.40. The minimum Gasteiger partial charge on any atom is -0.396 e. The van der Waals surface area contributed by atoms with Crippen molar-refractivity contribution < 1.29 is 9.90 Å². The molecule has 2 aromatic rings. The van der Waals surface area contributed by atoms with E-state index in [0.29, 0.717) is 6.42 Å². The standard InChI is InChI=1S/C18H20ClNO2/c1-20-17(22)18(16(19)12-13-21,14-8-4-2-5-9-14)15-10-6-3-7-11-15/h2-11,16,21H,12-13H2,1H3,(H,20,22). The van der Waals surface area contributed by atoms with E-state index in [1.165, 1.54) is 0 Å². The van der Waals surface area contributed by atoms with Crippen LogP contribution < -0.4 is 5.32 Å². The van der Waals surface area contributed by atoms with Gasteiger partial charge in [-0.3, -0.25) is 4.79 Å². The number of nitrogens with one attached hydrogen (secondary N) is 1. The number of halogens is 1. The van der Waals surface area contributed by atoms with Gasteiger partial charge in [0.05, 0.1) is 5.38 Å². The monoisotopic (exact) mass is 317 g/mol. The first kappa shape index (κ1) is 16.5. The lowest BCUT2D eigenvalue weighted by Gasteiger charge is -2.37. The van der Waals surface area contributed by atoms with Gasteiger partial charge < -0.3 is 10.4 Å². The Hall–Kier alpha value is -1.84. The molecule has 0 spiro atoms. The minimum absolute atomic E-state index is 0.0768. The smallest absolute Gasteiger partial charge is 0.236 e. The summed E-state index contributed by atoms with van der Waals surface area (Å²) in [5, 5.41) is 11.5. The molecule has 0 fully saturated rings. The Morgan fingerprint density at radius 3 is 1.91 bits per heavy atom. The maximum atomic E-state index is 12.9. The zero-order valence-corrected chi connectivity index (χ0v) is 13.3. The van der Waals surface area contributed by atoms with Crippen LogP contribution in [0.5, 0.6) is 0 Å². The summed E-state index contributed by atoms with van der Waals surface area (Å²) in [7, 11) is 1.60. The third-order valence-corrected chi connectivity index (χ3v) is 4.44. The molecule has 1 atom stereocenters. The molecule has 1 amide bonds. The van der Waals surface area contributed by atoms with Crippen molar-refractivity contribution in [3.05, 3.63) is 71.8 Å². The summed E-state index contributed by atoms with van der Waals surface area (Å²) >= 11 is 6.63. The van der Waals surface area contributed by atoms with Crippen LogP contribution in [0.25, 0.3) is 0 Å². The van der Waals surface area contributed by atoms with Crippen molar-refractivity contribution in [3.8, 4) is 0 Å². The summed E-state index contributed by atoms with van der Waals surface area (Å²) in [6, 6.07) is 18.9. The normalized spacial score (nSPS) is 12.7. The van der Waals surface area contributed by atoms with Crippen molar-refractivity contribution in [1.82, 2.24) is 5.32 Å². The van der Waals surface area contributed by atoms with Crippen LogP contribution in [0.3, 0.4) is 0 Å². The van der Waals surface area contributed by atoms with E-state index in [1.807, 2.05) is 60.7 Å². The van der Waals surface area contributed by atoms with Crippen molar-refractivity contribution in [2.75, 3.05) is 13.7 Å². The van der Waals surface area contributed by atoms with E-state index in [2.05, 4.69) is 5.32 Å². The highest BCUT2D eigenvalue weighted by atomic mass is 35.5. The number of rotatable bonds is 6. The van der Waals surface area contributed by atoms with Crippen LogP contribution in [0.2, 0.25) is 0 Å². The Kier molecular flexibility index (Phi) is 5.58. The molecule has 0 aliphatic rings. The minimum atomic E-state index is -1.04. The van der Waals surface area contributed by atoms with Crippen molar-refractivity contribution in [1.29, 1.82) is 0 Å². The number of hydrogen-bond acceptors (Lipinski definition) is 2. The molecule has 0 saturated carbocycles. The third kappa shape index (κ3) is 2.87. The predicted octanol–water partition coefficient (Wildman–Crippen LogP) is 2.71. The molecule has 0 saturated heterocycles. The molecule has 3 nitrogen and oxygen atoms in total. The molecule has 2 N–H and O–H groups in total. The molecule has 22 heavy (non-hydrogen) atoms. The first-order valence-corrected chi connectivity index (χ1v) is 7.69. The largest absolute Gasteiger partial charge is 0.396 e. The average Bonchev–Trinajstić information content (AvgIpc) is 2.57. The van der Waals surface area contributed by atoms with Gasteiger partial charge in [0.25, 0.3) is 0 Å². The second kappa shape index (κ2) is 7.43. The predicted molar refractivity (Wildman–Crippen MR) is 89.1 cm³/mol. The molecule has 4 heteroatoms. The summed E-state index contributed by atoms with van der Waals surface area (Å²) < 4.78 is 0. The molecular formula is C18H20ClNO2. The van der Waals surface area contributed by atoms with Crippen molar-refractivity contribution in [2.45, 2.75) is 17.2 Å². The number of alkyl halides is 1. The van der Waals surface area contributed by atoms with Crippen molar-refractivity contribution >= 4 is 17.5 Å². The molecule has 0 heterocycles. The van der Waals surface area contributed by atoms with Gasteiger partial charge in [0.2, 0.25) is 5.91 Å². The van der Waals surface area contributed by atoms with E-state index < -0.39 is 10.8 Å². The number of aliphatic hydroxyl groups is 1. The van der Waals surface area contributed by atoms with Crippen LogP contribution in [-0.4, -0.2) is 30.0 Å². The maximum absolute atomic E-state index is 12.9. The summed E-state index contributed by atoms with van der Waals surface area (Å²) in [6.45, 7) is -0.0768. The lowest BCUT2D eigenvalue weighted by Crippen LogP contribution is -2.50.